The normalized spacial score (nSPS) is 26.9. The number of rotatable bonds is 1. The summed E-state index contributed by atoms with van der Waals surface area (Å²) in [5.74, 6) is -0.809. The van der Waals surface area contributed by atoms with E-state index < -0.39 is 12.0 Å². The molecule has 2 aliphatic heterocycles. The van der Waals surface area contributed by atoms with Gasteiger partial charge in [-0.05, 0) is 12.1 Å². The van der Waals surface area contributed by atoms with Crippen LogP contribution in [0.5, 0.6) is 0 Å². The van der Waals surface area contributed by atoms with Gasteiger partial charge < -0.3 is 0 Å². The number of para-hydroxylation sites is 1. The van der Waals surface area contributed by atoms with Crippen LogP contribution in [0, 0.1) is 5.92 Å². The number of benzene rings is 1. The molecule has 2 aliphatic rings. The SMILES string of the molecule is CN1C(=O)[C@@H]2[C@@H](C=NN2c2ccccc2)C1=O. The van der Waals surface area contributed by atoms with E-state index in [4.69, 9.17) is 0 Å². The summed E-state index contributed by atoms with van der Waals surface area (Å²) in [6.45, 7) is 0. The predicted molar refractivity (Wildman–Crippen MR) is 62.5 cm³/mol. The third-order valence-electron chi connectivity index (χ3n) is 3.18. The third-order valence-corrected chi connectivity index (χ3v) is 3.18. The molecule has 1 saturated heterocycles. The van der Waals surface area contributed by atoms with Crippen LogP contribution in [0.4, 0.5) is 5.69 Å². The minimum atomic E-state index is -0.505. The van der Waals surface area contributed by atoms with Gasteiger partial charge in [0, 0.05) is 13.3 Å². The number of hydrogen-bond donors (Lipinski definition) is 0. The Morgan fingerprint density at radius 3 is 2.53 bits per heavy atom. The van der Waals surface area contributed by atoms with E-state index in [1.54, 1.807) is 11.2 Å². The van der Waals surface area contributed by atoms with Crippen molar-refractivity contribution in [3.63, 3.8) is 0 Å². The van der Waals surface area contributed by atoms with Gasteiger partial charge in [-0.1, -0.05) is 18.2 Å². The average Bonchev–Trinajstić information content (AvgIpc) is 2.88. The molecule has 2 heterocycles. The number of likely N-dealkylation sites (N-methyl/N-ethyl adjacent to an activating group) is 1. The second-order valence-corrected chi connectivity index (χ2v) is 4.15. The van der Waals surface area contributed by atoms with Gasteiger partial charge in [0.1, 0.15) is 12.0 Å². The van der Waals surface area contributed by atoms with Crippen molar-refractivity contribution in [2.24, 2.45) is 11.0 Å². The van der Waals surface area contributed by atoms with Gasteiger partial charge in [0.25, 0.3) is 5.91 Å². The molecule has 0 saturated carbocycles. The highest BCUT2D eigenvalue weighted by atomic mass is 16.2. The molecule has 17 heavy (non-hydrogen) atoms. The Labute approximate surface area is 98.3 Å². The zero-order chi connectivity index (χ0) is 12.0. The molecule has 0 aliphatic carbocycles. The molecule has 3 rings (SSSR count). The van der Waals surface area contributed by atoms with E-state index in [1.807, 2.05) is 30.3 Å². The summed E-state index contributed by atoms with van der Waals surface area (Å²) in [5, 5.41) is 5.79. The first-order valence-corrected chi connectivity index (χ1v) is 5.40. The highest BCUT2D eigenvalue weighted by Gasteiger charge is 2.51. The molecule has 5 nitrogen and oxygen atoms in total. The molecule has 1 fully saturated rings. The van der Waals surface area contributed by atoms with Gasteiger partial charge in [-0.2, -0.15) is 5.10 Å². The van der Waals surface area contributed by atoms with Gasteiger partial charge in [0.05, 0.1) is 5.69 Å². The Bertz CT molecular complexity index is 512. The smallest absolute Gasteiger partial charge is 0.255 e. The monoisotopic (exact) mass is 229 g/mol. The van der Waals surface area contributed by atoms with Crippen molar-refractivity contribution < 1.29 is 9.59 Å². The molecule has 0 radical (unpaired) electrons. The molecule has 5 heteroatoms. The number of carbonyl (C=O) groups is 2. The highest BCUT2D eigenvalue weighted by molar-refractivity contribution is 6.16. The lowest BCUT2D eigenvalue weighted by atomic mass is 10.1. The second kappa shape index (κ2) is 3.41. The van der Waals surface area contributed by atoms with E-state index in [1.165, 1.54) is 11.9 Å². The standard InChI is InChI=1S/C12H11N3O2/c1-14-11(16)9-7-13-15(10(9)12(14)17)8-5-3-2-4-6-8/h2-7,9-10H,1H3/t9-,10+/m1/s1. The van der Waals surface area contributed by atoms with Gasteiger partial charge in [0.2, 0.25) is 5.91 Å². The van der Waals surface area contributed by atoms with Crippen LogP contribution in [0.25, 0.3) is 0 Å². The molecule has 0 aromatic heterocycles. The first kappa shape index (κ1) is 10.0. The number of hydrogen-bond acceptors (Lipinski definition) is 4. The quantitative estimate of drug-likeness (QED) is 0.658. The van der Waals surface area contributed by atoms with Gasteiger partial charge in [-0.3, -0.25) is 19.5 Å². The molecule has 1 aromatic carbocycles. The lowest BCUT2D eigenvalue weighted by molar-refractivity contribution is -0.137. The molecule has 2 amide bonds. The van der Waals surface area contributed by atoms with E-state index in [2.05, 4.69) is 5.10 Å². The van der Waals surface area contributed by atoms with Crippen LogP contribution in [0.15, 0.2) is 35.4 Å². The molecular weight excluding hydrogens is 218 g/mol. The largest absolute Gasteiger partial charge is 0.283 e. The van der Waals surface area contributed by atoms with Crippen LogP contribution in [0.1, 0.15) is 0 Å². The van der Waals surface area contributed by atoms with Crippen molar-refractivity contribution in [2.75, 3.05) is 12.1 Å². The second-order valence-electron chi connectivity index (χ2n) is 4.15. The van der Waals surface area contributed by atoms with Gasteiger partial charge >= 0.3 is 0 Å². The summed E-state index contributed by atoms with van der Waals surface area (Å²) < 4.78 is 0. The molecule has 0 unspecified atom stereocenters. The zero-order valence-electron chi connectivity index (χ0n) is 9.28. The number of imide groups is 1. The van der Waals surface area contributed by atoms with Crippen molar-refractivity contribution >= 4 is 23.7 Å². The average molecular weight is 229 g/mol. The van der Waals surface area contributed by atoms with E-state index in [0.29, 0.717) is 0 Å². The highest BCUT2D eigenvalue weighted by Crippen LogP contribution is 2.31. The molecule has 0 bridgehead atoms. The fourth-order valence-electron chi connectivity index (χ4n) is 2.24. The number of nitrogens with zero attached hydrogens (tertiary/aromatic N) is 3. The summed E-state index contributed by atoms with van der Waals surface area (Å²) in [7, 11) is 1.51. The molecule has 1 aromatic rings. The van der Waals surface area contributed by atoms with Crippen LogP contribution in [0.3, 0.4) is 0 Å². The summed E-state index contributed by atoms with van der Waals surface area (Å²) in [4.78, 5) is 24.9. The van der Waals surface area contributed by atoms with Crippen molar-refractivity contribution in [1.29, 1.82) is 0 Å². The number of hydrazone groups is 1. The van der Waals surface area contributed by atoms with E-state index in [0.717, 1.165) is 5.69 Å². The van der Waals surface area contributed by atoms with Crippen molar-refractivity contribution in [3.8, 4) is 0 Å². The van der Waals surface area contributed by atoms with Crippen LogP contribution in [-0.2, 0) is 9.59 Å². The first-order valence-electron chi connectivity index (χ1n) is 5.40. The maximum atomic E-state index is 12.0. The number of likely N-dealkylation sites (tertiary alicyclic amines) is 1. The Morgan fingerprint density at radius 1 is 1.12 bits per heavy atom. The summed E-state index contributed by atoms with van der Waals surface area (Å²) in [6.07, 6.45) is 1.56. The molecule has 86 valence electrons. The Kier molecular flexibility index (Phi) is 2.01. The van der Waals surface area contributed by atoms with Crippen molar-refractivity contribution in [1.82, 2.24) is 4.90 Å². The first-order chi connectivity index (χ1) is 8.20. The van der Waals surface area contributed by atoms with Crippen LogP contribution in [-0.4, -0.2) is 36.0 Å². The molecule has 2 atom stereocenters. The van der Waals surface area contributed by atoms with E-state index in [-0.39, 0.29) is 11.8 Å². The number of fused-ring (bicyclic) bond motifs is 1. The minimum Gasteiger partial charge on any atom is -0.283 e. The van der Waals surface area contributed by atoms with Gasteiger partial charge in [0.15, 0.2) is 0 Å². The molecule has 0 spiro atoms. The number of amides is 2. The Balaban J connectivity index is 1.99. The number of anilines is 1. The zero-order valence-corrected chi connectivity index (χ0v) is 9.28. The fourth-order valence-corrected chi connectivity index (χ4v) is 2.24. The van der Waals surface area contributed by atoms with Crippen molar-refractivity contribution in [2.45, 2.75) is 6.04 Å². The Morgan fingerprint density at radius 2 is 1.82 bits per heavy atom. The maximum absolute atomic E-state index is 12.0. The van der Waals surface area contributed by atoms with E-state index in [9.17, 15) is 9.59 Å². The van der Waals surface area contributed by atoms with Gasteiger partial charge in [-0.25, -0.2) is 0 Å². The van der Waals surface area contributed by atoms with Crippen LogP contribution >= 0.6 is 0 Å². The summed E-state index contributed by atoms with van der Waals surface area (Å²) >= 11 is 0. The van der Waals surface area contributed by atoms with E-state index >= 15 is 0 Å². The lowest BCUT2D eigenvalue weighted by Crippen LogP contribution is -2.37. The Hall–Kier alpha value is -2.17. The molecule has 0 N–H and O–H groups in total. The van der Waals surface area contributed by atoms with Crippen molar-refractivity contribution in [3.05, 3.63) is 30.3 Å². The predicted octanol–water partition coefficient (Wildman–Crippen LogP) is 0.476. The van der Waals surface area contributed by atoms with Crippen LogP contribution in [0.2, 0.25) is 0 Å². The fraction of sp³-hybridized carbons (Fsp3) is 0.250. The van der Waals surface area contributed by atoms with Crippen LogP contribution < -0.4 is 5.01 Å². The molecular formula is C12H11N3O2. The topological polar surface area (TPSA) is 53.0 Å². The summed E-state index contributed by atoms with van der Waals surface area (Å²) in [6, 6.07) is 8.89. The number of carbonyl (C=O) groups excluding carboxylic acids is 2. The lowest BCUT2D eigenvalue weighted by Gasteiger charge is -2.20. The minimum absolute atomic E-state index is 0.179. The maximum Gasteiger partial charge on any atom is 0.255 e. The summed E-state index contributed by atoms with van der Waals surface area (Å²) in [5.41, 5.74) is 0.827. The third kappa shape index (κ3) is 1.28. The van der Waals surface area contributed by atoms with Gasteiger partial charge in [-0.15, -0.1) is 0 Å².